The largest absolute Gasteiger partial charge is 0.418 e. The van der Waals surface area contributed by atoms with Gasteiger partial charge in [0.2, 0.25) is 11.8 Å². The average Bonchev–Trinajstić information content (AvgIpc) is 2.56. The zero-order chi connectivity index (χ0) is 20.4. The Morgan fingerprint density at radius 1 is 1.07 bits per heavy atom. The van der Waals surface area contributed by atoms with Crippen molar-refractivity contribution >= 4 is 34.8 Å². The summed E-state index contributed by atoms with van der Waals surface area (Å²) in [5.41, 5.74) is 0.969. The fraction of sp³-hybridized carbons (Fsp3) is 0.263. The maximum Gasteiger partial charge on any atom is 0.418 e. The van der Waals surface area contributed by atoms with E-state index in [1.165, 1.54) is 17.9 Å². The Morgan fingerprint density at radius 3 is 2.30 bits per heavy atom. The molecule has 0 heterocycles. The Hall–Kier alpha value is -2.54. The summed E-state index contributed by atoms with van der Waals surface area (Å²) in [6.45, 7) is 4.63. The molecule has 0 atom stereocenters. The Labute approximate surface area is 159 Å². The van der Waals surface area contributed by atoms with Crippen LogP contribution in [0.5, 0.6) is 0 Å². The lowest BCUT2D eigenvalue weighted by Gasteiger charge is -2.22. The monoisotopic (exact) mass is 398 g/mol. The predicted octanol–water partition coefficient (Wildman–Crippen LogP) is 4.97. The zero-order valence-corrected chi connectivity index (χ0v) is 15.7. The van der Waals surface area contributed by atoms with E-state index in [4.69, 9.17) is 11.6 Å². The molecule has 2 rings (SSSR count). The van der Waals surface area contributed by atoms with Crippen molar-refractivity contribution in [2.24, 2.45) is 0 Å². The van der Waals surface area contributed by atoms with E-state index in [1.54, 1.807) is 18.2 Å². The van der Waals surface area contributed by atoms with Crippen molar-refractivity contribution in [3.8, 4) is 0 Å². The van der Waals surface area contributed by atoms with Gasteiger partial charge < -0.3 is 10.2 Å². The van der Waals surface area contributed by atoms with Gasteiger partial charge in [-0.3, -0.25) is 9.59 Å². The molecule has 0 saturated heterocycles. The van der Waals surface area contributed by atoms with Crippen molar-refractivity contribution in [1.82, 2.24) is 0 Å². The highest BCUT2D eigenvalue weighted by Gasteiger charge is 2.34. The van der Waals surface area contributed by atoms with Gasteiger partial charge in [0, 0.05) is 17.6 Å². The maximum absolute atomic E-state index is 13.1. The molecule has 0 spiro atoms. The van der Waals surface area contributed by atoms with Gasteiger partial charge in [-0.1, -0.05) is 17.7 Å². The van der Waals surface area contributed by atoms with Gasteiger partial charge in [0.05, 0.1) is 11.3 Å². The van der Waals surface area contributed by atoms with Crippen molar-refractivity contribution in [3.05, 3.63) is 58.1 Å². The molecule has 0 saturated carbocycles. The number of benzene rings is 2. The molecule has 27 heavy (non-hydrogen) atoms. The molecule has 0 aromatic heterocycles. The summed E-state index contributed by atoms with van der Waals surface area (Å²) >= 11 is 5.63. The van der Waals surface area contributed by atoms with E-state index in [1.807, 2.05) is 13.8 Å². The SMILES string of the molecule is CC(=O)N(CC(=O)Nc1ccc(Cl)cc1C(F)(F)F)c1ccc(C)c(C)c1. The number of carbonyl (C=O) groups excluding carboxylic acids is 2. The zero-order valence-electron chi connectivity index (χ0n) is 14.9. The topological polar surface area (TPSA) is 49.4 Å². The number of anilines is 2. The van der Waals surface area contributed by atoms with Gasteiger partial charge >= 0.3 is 6.18 Å². The average molecular weight is 399 g/mol. The van der Waals surface area contributed by atoms with Crippen LogP contribution >= 0.6 is 11.6 Å². The number of amides is 2. The standard InChI is InChI=1S/C19H18ClF3N2O2/c1-11-4-6-15(8-12(11)2)25(13(3)26)10-18(27)24-17-7-5-14(20)9-16(17)19(21,22)23/h4-9H,10H2,1-3H3,(H,24,27). The molecule has 0 unspecified atom stereocenters. The summed E-state index contributed by atoms with van der Waals surface area (Å²) < 4.78 is 39.4. The highest BCUT2D eigenvalue weighted by atomic mass is 35.5. The molecule has 4 nitrogen and oxygen atoms in total. The maximum atomic E-state index is 13.1. The number of nitrogens with zero attached hydrogens (tertiary/aromatic N) is 1. The Balaban J connectivity index is 2.25. The molecule has 8 heteroatoms. The van der Waals surface area contributed by atoms with Crippen molar-refractivity contribution in [3.63, 3.8) is 0 Å². The highest BCUT2D eigenvalue weighted by molar-refractivity contribution is 6.30. The van der Waals surface area contributed by atoms with Crippen molar-refractivity contribution in [2.45, 2.75) is 26.9 Å². The van der Waals surface area contributed by atoms with E-state index in [0.717, 1.165) is 23.3 Å². The molecular formula is C19H18ClF3N2O2. The first kappa shape index (κ1) is 20.8. The molecule has 0 aliphatic rings. The van der Waals surface area contributed by atoms with Crippen molar-refractivity contribution in [2.75, 3.05) is 16.8 Å². The molecule has 0 fully saturated rings. The summed E-state index contributed by atoms with van der Waals surface area (Å²) in [6, 6.07) is 8.30. The highest BCUT2D eigenvalue weighted by Crippen LogP contribution is 2.36. The molecule has 0 aliphatic carbocycles. The van der Waals surface area contributed by atoms with Crippen LogP contribution in [0.3, 0.4) is 0 Å². The van der Waals surface area contributed by atoms with Gasteiger partial charge in [-0.05, 0) is 55.3 Å². The minimum absolute atomic E-state index is 0.0965. The second kappa shape index (κ2) is 8.00. The lowest BCUT2D eigenvalue weighted by Crippen LogP contribution is -2.37. The summed E-state index contributed by atoms with van der Waals surface area (Å²) in [5.74, 6) is -1.16. The molecular weight excluding hydrogens is 381 g/mol. The first-order valence-electron chi connectivity index (χ1n) is 8.01. The second-order valence-corrected chi connectivity index (χ2v) is 6.55. The van der Waals surface area contributed by atoms with Crippen LogP contribution in [0.25, 0.3) is 0 Å². The smallest absolute Gasteiger partial charge is 0.324 e. The lowest BCUT2D eigenvalue weighted by molar-refractivity contribution is -0.137. The number of nitrogens with one attached hydrogen (secondary N) is 1. The normalized spacial score (nSPS) is 11.2. The minimum Gasteiger partial charge on any atom is -0.324 e. The number of aryl methyl sites for hydroxylation is 2. The third kappa shape index (κ3) is 5.23. The predicted molar refractivity (Wildman–Crippen MR) is 99.0 cm³/mol. The van der Waals surface area contributed by atoms with E-state index < -0.39 is 35.8 Å². The first-order valence-corrected chi connectivity index (χ1v) is 8.39. The quantitative estimate of drug-likeness (QED) is 0.790. The fourth-order valence-corrected chi connectivity index (χ4v) is 2.64. The van der Waals surface area contributed by atoms with Gasteiger partial charge in [-0.25, -0.2) is 0 Å². The van der Waals surface area contributed by atoms with Crippen LogP contribution in [0.15, 0.2) is 36.4 Å². The van der Waals surface area contributed by atoms with Crippen LogP contribution in [-0.4, -0.2) is 18.4 Å². The van der Waals surface area contributed by atoms with E-state index in [-0.39, 0.29) is 5.02 Å². The van der Waals surface area contributed by atoms with E-state index in [2.05, 4.69) is 5.32 Å². The first-order chi connectivity index (χ1) is 12.5. The van der Waals surface area contributed by atoms with Crippen LogP contribution in [0.1, 0.15) is 23.6 Å². The summed E-state index contributed by atoms with van der Waals surface area (Å²) in [6.07, 6.45) is -4.68. The molecule has 2 aromatic carbocycles. The van der Waals surface area contributed by atoms with Crippen LogP contribution in [0.4, 0.5) is 24.5 Å². The van der Waals surface area contributed by atoms with Crippen LogP contribution < -0.4 is 10.2 Å². The number of carbonyl (C=O) groups is 2. The summed E-state index contributed by atoms with van der Waals surface area (Å²) in [5, 5.41) is 2.12. The third-order valence-electron chi connectivity index (χ3n) is 4.05. The van der Waals surface area contributed by atoms with Gasteiger partial charge in [-0.15, -0.1) is 0 Å². The Morgan fingerprint density at radius 2 is 1.74 bits per heavy atom. The van der Waals surface area contributed by atoms with E-state index in [9.17, 15) is 22.8 Å². The van der Waals surface area contributed by atoms with E-state index in [0.29, 0.717) is 5.69 Å². The summed E-state index contributed by atoms with van der Waals surface area (Å²) in [4.78, 5) is 25.5. The van der Waals surface area contributed by atoms with Gasteiger partial charge in [0.25, 0.3) is 0 Å². The Kier molecular flexibility index (Phi) is 6.15. The van der Waals surface area contributed by atoms with Crippen LogP contribution in [-0.2, 0) is 15.8 Å². The number of alkyl halides is 3. The third-order valence-corrected chi connectivity index (χ3v) is 4.28. The van der Waals surface area contributed by atoms with Crippen LogP contribution in [0.2, 0.25) is 5.02 Å². The van der Waals surface area contributed by atoms with E-state index >= 15 is 0 Å². The molecule has 144 valence electrons. The minimum atomic E-state index is -4.68. The molecule has 0 bridgehead atoms. The van der Waals surface area contributed by atoms with Gasteiger partial charge in [0.1, 0.15) is 6.54 Å². The number of hydrogen-bond donors (Lipinski definition) is 1. The molecule has 2 aromatic rings. The number of rotatable bonds is 4. The molecule has 1 N–H and O–H groups in total. The number of hydrogen-bond acceptors (Lipinski definition) is 2. The van der Waals surface area contributed by atoms with Gasteiger partial charge in [0.15, 0.2) is 0 Å². The molecule has 0 radical (unpaired) electrons. The van der Waals surface area contributed by atoms with Crippen molar-refractivity contribution in [1.29, 1.82) is 0 Å². The number of halogens is 4. The molecule has 2 amide bonds. The van der Waals surface area contributed by atoms with Crippen molar-refractivity contribution < 1.29 is 22.8 Å². The lowest BCUT2D eigenvalue weighted by atomic mass is 10.1. The van der Waals surface area contributed by atoms with Crippen LogP contribution in [0, 0.1) is 13.8 Å². The molecule has 0 aliphatic heterocycles. The van der Waals surface area contributed by atoms with Gasteiger partial charge in [-0.2, -0.15) is 13.2 Å². The second-order valence-electron chi connectivity index (χ2n) is 6.11. The Bertz CT molecular complexity index is 882. The fourth-order valence-electron chi connectivity index (χ4n) is 2.47. The summed E-state index contributed by atoms with van der Waals surface area (Å²) in [7, 11) is 0.